The van der Waals surface area contributed by atoms with Gasteiger partial charge in [0.1, 0.15) is 0 Å². The van der Waals surface area contributed by atoms with Gasteiger partial charge >= 0.3 is 0 Å². The minimum atomic E-state index is -0.296. The van der Waals surface area contributed by atoms with Crippen LogP contribution in [0.1, 0.15) is 70.5 Å². The summed E-state index contributed by atoms with van der Waals surface area (Å²) in [5, 5.41) is 20.0. The lowest BCUT2D eigenvalue weighted by Crippen LogP contribution is -2.50. The van der Waals surface area contributed by atoms with Crippen molar-refractivity contribution in [2.24, 2.45) is 0 Å². The van der Waals surface area contributed by atoms with Crippen LogP contribution in [-0.2, 0) is 9.47 Å². The number of hydrogen-bond acceptors (Lipinski definition) is 19. The molecule has 0 radical (unpaired) electrons. The first kappa shape index (κ1) is 88.4. The number of para-hydroxylation sites is 1. The highest BCUT2D eigenvalue weighted by atomic mass is 16.5. The number of carbonyl (C=O) groups is 2. The molecule has 20 rings (SSSR count). The number of hydrogen-bond donors (Lipinski definition) is 9. The van der Waals surface area contributed by atoms with Crippen molar-refractivity contribution in [1.29, 1.82) is 0 Å². The van der Waals surface area contributed by atoms with E-state index in [-0.39, 0.29) is 34.0 Å². The third-order valence-electron chi connectivity index (χ3n) is 24.0. The molecule has 132 heavy (non-hydrogen) atoms. The molecule has 6 aromatic carbocycles. The average Bonchev–Trinajstić information content (AvgIpc) is 1.60. The fourth-order valence-electron chi connectivity index (χ4n) is 16.9. The first-order valence-corrected chi connectivity index (χ1v) is 44.6. The first-order valence-electron chi connectivity index (χ1n) is 44.6. The number of nitrogens with one attached hydrogen (secondary N) is 9. The van der Waals surface area contributed by atoms with Gasteiger partial charge in [0.25, 0.3) is 11.8 Å². The Morgan fingerprint density at radius 2 is 0.773 bits per heavy atom. The Hall–Kier alpha value is -15.7. The Morgan fingerprint density at radius 3 is 1.14 bits per heavy atom. The zero-order chi connectivity index (χ0) is 91.0. The molecule has 17 aromatic rings. The molecule has 0 atom stereocenters. The Morgan fingerprint density at radius 1 is 0.417 bits per heavy atom. The maximum Gasteiger partial charge on any atom is 0.251 e. The highest BCUT2D eigenvalue weighted by Crippen LogP contribution is 2.35. The second-order valence-electron chi connectivity index (χ2n) is 33.7. The van der Waals surface area contributed by atoms with E-state index in [1.54, 1.807) is 67.5 Å². The number of rotatable bonds is 24. The molecule has 28 heteroatoms. The fourth-order valence-corrected chi connectivity index (χ4v) is 16.9. The highest BCUT2D eigenvalue weighted by Gasteiger charge is 2.27. The maximum absolute atomic E-state index is 12.9. The van der Waals surface area contributed by atoms with Crippen molar-refractivity contribution >= 4 is 97.0 Å². The van der Waals surface area contributed by atoms with E-state index in [1.165, 1.54) is 46.5 Å². The lowest BCUT2D eigenvalue weighted by Gasteiger charge is -2.31. The normalized spacial score (nSPS) is 13.3. The van der Waals surface area contributed by atoms with Gasteiger partial charge in [0.15, 0.2) is 22.6 Å². The summed E-state index contributed by atoms with van der Waals surface area (Å²) in [4.78, 5) is 96.0. The van der Waals surface area contributed by atoms with E-state index < -0.39 is 0 Å². The van der Waals surface area contributed by atoms with Crippen LogP contribution in [0.4, 0.5) is 62.6 Å². The van der Waals surface area contributed by atoms with Crippen molar-refractivity contribution in [3.63, 3.8) is 0 Å². The number of amides is 2. The van der Waals surface area contributed by atoms with E-state index in [9.17, 15) is 24.0 Å². The van der Waals surface area contributed by atoms with Crippen molar-refractivity contribution in [3.05, 3.63) is 351 Å². The number of imidazole rings is 4. The van der Waals surface area contributed by atoms with Crippen molar-refractivity contribution < 1.29 is 19.1 Å². The van der Waals surface area contributed by atoms with Crippen LogP contribution < -0.4 is 63.3 Å². The van der Waals surface area contributed by atoms with Gasteiger partial charge in [0, 0.05) is 212 Å². The molecule has 0 aliphatic carbocycles. The summed E-state index contributed by atoms with van der Waals surface area (Å²) in [6.07, 6.45) is 23.0. The fraction of sp³-hybridized carbons (Fsp3) is 0.221. The van der Waals surface area contributed by atoms with Gasteiger partial charge in [0.2, 0.25) is 16.7 Å². The monoisotopic (exact) mass is 1760 g/mol. The van der Waals surface area contributed by atoms with Crippen LogP contribution in [0.2, 0.25) is 0 Å². The number of pyridine rings is 7. The van der Waals surface area contributed by atoms with Crippen LogP contribution in [0.25, 0.3) is 67.6 Å². The molecule has 2 amide bonds. The number of aromatic nitrogens is 11. The lowest BCUT2D eigenvalue weighted by molar-refractivity contribution is 0.0892. The molecular formula is C104H107N21O7. The molecular weight excluding hydrogens is 1660 g/mol. The van der Waals surface area contributed by atoms with Crippen LogP contribution in [0.15, 0.2) is 307 Å². The SMILES string of the molecule is CC(C)(CN1CCCC1)NC(=O)c1ccc(Nc2ccc(-c3cc[nH]c(=O)c3)n3ccnc23)cc1.CN(CCCNC(=O)c1ccc(Nc2ccc(-c3cc[nH]c(=O)c3)n3ccnc23)cc1)c1ccccc1.Cc1cc(-c2ccc(Nc3ccc(N4CCOCC4)cc3)c3nccn23)cc(C)c1C.O=c1cc(-c2ccc(Nc3ccc(N4CCOCC4)cc3)c3nccn23)cc[nH]1. The Bertz CT molecular complexity index is 7020. The van der Waals surface area contributed by atoms with E-state index in [4.69, 9.17) is 9.47 Å². The Labute approximate surface area is 764 Å². The molecule has 670 valence electrons. The first-order chi connectivity index (χ1) is 64.3. The van der Waals surface area contributed by atoms with Crippen molar-refractivity contribution in [3.8, 4) is 45.0 Å². The third-order valence-corrected chi connectivity index (χ3v) is 24.0. The lowest BCUT2D eigenvalue weighted by atomic mass is 9.98. The topological polar surface area (TPSA) is 306 Å². The van der Waals surface area contributed by atoms with Crippen LogP contribution in [0, 0.1) is 20.8 Å². The summed E-state index contributed by atoms with van der Waals surface area (Å²) in [7, 11) is 2.05. The number of carbonyl (C=O) groups excluding carboxylic acids is 2. The molecule has 3 fully saturated rings. The zero-order valence-corrected chi connectivity index (χ0v) is 74.8. The van der Waals surface area contributed by atoms with Crippen molar-refractivity contribution in [1.82, 2.24) is 68.0 Å². The predicted octanol–water partition coefficient (Wildman–Crippen LogP) is 17.5. The molecule has 0 bridgehead atoms. The molecule has 9 N–H and O–H groups in total. The maximum atomic E-state index is 12.9. The van der Waals surface area contributed by atoms with Gasteiger partial charge in [-0.3, -0.25) is 41.6 Å². The molecule has 0 spiro atoms. The number of nitrogens with zero attached hydrogens (tertiary/aromatic N) is 12. The molecule has 3 saturated heterocycles. The largest absolute Gasteiger partial charge is 0.378 e. The summed E-state index contributed by atoms with van der Waals surface area (Å²) in [5.74, 6) is -0.162. The van der Waals surface area contributed by atoms with Crippen LogP contribution in [0.5, 0.6) is 0 Å². The summed E-state index contributed by atoms with van der Waals surface area (Å²) >= 11 is 0. The van der Waals surface area contributed by atoms with Gasteiger partial charge in [-0.25, -0.2) is 19.9 Å². The van der Waals surface area contributed by atoms with Crippen molar-refractivity contribution in [2.75, 3.05) is 128 Å². The molecule has 3 aliphatic rings. The van der Waals surface area contributed by atoms with Gasteiger partial charge in [-0.1, -0.05) is 18.2 Å². The summed E-state index contributed by atoms with van der Waals surface area (Å²) in [6.45, 7) is 22.1. The number of H-pyrrole nitrogens is 3. The van der Waals surface area contributed by atoms with E-state index in [0.29, 0.717) is 17.7 Å². The molecule has 11 aromatic heterocycles. The van der Waals surface area contributed by atoms with Crippen molar-refractivity contribution in [2.45, 2.75) is 59.4 Å². The molecule has 14 heterocycles. The molecule has 0 unspecified atom stereocenters. The van der Waals surface area contributed by atoms with Gasteiger partial charge < -0.3 is 75.9 Å². The van der Waals surface area contributed by atoms with Gasteiger partial charge in [-0.05, 0) is 277 Å². The van der Waals surface area contributed by atoms with E-state index in [2.05, 4.69) is 217 Å². The minimum absolute atomic E-state index is 0.0707. The van der Waals surface area contributed by atoms with E-state index in [1.807, 2.05) is 153 Å². The van der Waals surface area contributed by atoms with E-state index >= 15 is 0 Å². The number of aryl methyl sites for hydroxylation is 2. The summed E-state index contributed by atoms with van der Waals surface area (Å²) in [5.41, 5.74) is 26.0. The predicted molar refractivity (Wildman–Crippen MR) is 527 cm³/mol. The van der Waals surface area contributed by atoms with Crippen LogP contribution >= 0.6 is 0 Å². The van der Waals surface area contributed by atoms with E-state index in [0.717, 1.165) is 198 Å². The number of anilines is 11. The summed E-state index contributed by atoms with van der Waals surface area (Å²) < 4.78 is 18.9. The van der Waals surface area contributed by atoms with Gasteiger partial charge in [-0.15, -0.1) is 0 Å². The van der Waals surface area contributed by atoms with Gasteiger partial charge in [-0.2, -0.15) is 0 Å². The number of benzene rings is 6. The third kappa shape index (κ3) is 21.3. The molecule has 0 saturated carbocycles. The smallest absolute Gasteiger partial charge is 0.251 e. The number of likely N-dealkylation sites (tertiary alicyclic amines) is 1. The second kappa shape index (κ2) is 40.8. The zero-order valence-electron chi connectivity index (χ0n) is 74.8. The average molecular weight is 1760 g/mol. The number of ether oxygens (including phenoxy) is 2. The molecule has 28 nitrogen and oxygen atoms in total. The number of aromatic amines is 3. The van der Waals surface area contributed by atoms with Crippen LogP contribution in [0.3, 0.4) is 0 Å². The minimum Gasteiger partial charge on any atom is -0.378 e. The molecule has 3 aliphatic heterocycles. The number of fused-ring (bicyclic) bond motifs is 4. The Balaban J connectivity index is 0.000000123. The second-order valence-corrected chi connectivity index (χ2v) is 33.7. The summed E-state index contributed by atoms with van der Waals surface area (Å²) in [6, 6.07) is 72.9. The van der Waals surface area contributed by atoms with Crippen LogP contribution in [-0.4, -0.2) is 167 Å². The highest BCUT2D eigenvalue weighted by molar-refractivity contribution is 5.96. The van der Waals surface area contributed by atoms with Gasteiger partial charge in [0.05, 0.1) is 72.0 Å². The Kier molecular flexibility index (Phi) is 27.3. The standard InChI is InChI=1S/C29H28N6O2.C27H30N6O2.C26H28N4O.C22H21N5O2/c1-34(24-6-3-2-4-7-24)18-5-15-32-29(37)21-8-10-23(11-9-21)33-25-12-13-26(35-19-17-31-28(25)35)22-14-16-30-27(36)20-22;1-27(2,18-32-14-3-4-15-32)31-26(35)19-5-7-21(8-6-19)30-22-9-10-23(33-16-13-29-25(22)33)20-11-12-28-24(34)17-20;1-18-16-21(17-19(2)20(18)3)25-9-8-24(26-27-10-11-30(25)26)28-22-4-6-23(7-5-22)29-12-14-31-15-13-29;28-21-15-16(7-8-23-21)20-6-5-19(22-24-9-10-27(20)22)25-17-1-3-18(4-2-17)26-11-13-29-14-12-26/h2-4,6-14,16-17,19-20,33H,5,15,18H2,1H3,(H,30,36)(H,32,37);5-13,16-17,30H,3-4,14-15,18H2,1-2H3,(H,28,34)(H,31,35);4-11,16-17,28H,12-15H2,1-3H3;1-10,15,25H,11-14H2,(H,23,28). The number of morpholine rings is 2. The quantitative estimate of drug-likeness (QED) is 0.0254.